The Hall–Kier alpha value is -3.51. The van der Waals surface area contributed by atoms with Gasteiger partial charge in [-0.1, -0.05) is 12.1 Å². The van der Waals surface area contributed by atoms with Crippen molar-refractivity contribution in [2.75, 3.05) is 7.11 Å². The van der Waals surface area contributed by atoms with Gasteiger partial charge in [0.25, 0.3) is 11.6 Å². The van der Waals surface area contributed by atoms with Crippen molar-refractivity contribution in [2.45, 2.75) is 6.61 Å². The molecule has 4 rings (SSSR count). The highest BCUT2D eigenvalue weighted by atomic mass is 127. The number of carbonyl (C=O) groups excluding carboxylic acids is 1. The lowest BCUT2D eigenvalue weighted by molar-refractivity contribution is -0.384. The summed E-state index contributed by atoms with van der Waals surface area (Å²) in [6.07, 6.45) is 1.50. The van der Waals surface area contributed by atoms with Crippen molar-refractivity contribution in [1.29, 1.82) is 0 Å². The minimum atomic E-state index is -0.464. The zero-order valence-corrected chi connectivity index (χ0v) is 20.8. The molecule has 8 nitrogen and oxygen atoms in total. The number of ether oxygens (including phenoxy) is 2. The molecule has 1 heterocycles. The van der Waals surface area contributed by atoms with Gasteiger partial charge in [0, 0.05) is 25.8 Å². The monoisotopic (exact) mass is 587 g/mol. The maximum atomic E-state index is 12.4. The SMILES string of the molecule is COc1cc(/C=N\NC(=O)c2cc3cc([N+](=O)[O-])ccc3s2)ccc1OCc1ccc(I)cc1. The van der Waals surface area contributed by atoms with Crippen molar-refractivity contribution in [3.63, 3.8) is 0 Å². The molecule has 0 aliphatic rings. The molecule has 34 heavy (non-hydrogen) atoms. The Kier molecular flexibility index (Phi) is 7.38. The number of hydrazone groups is 1. The van der Waals surface area contributed by atoms with Crippen molar-refractivity contribution in [2.24, 2.45) is 5.10 Å². The fourth-order valence-corrected chi connectivity index (χ4v) is 4.39. The number of nitrogens with one attached hydrogen (secondary N) is 1. The van der Waals surface area contributed by atoms with E-state index in [9.17, 15) is 14.9 Å². The second-order valence-corrected chi connectivity index (χ2v) is 9.44. The quantitative estimate of drug-likeness (QED) is 0.122. The molecule has 0 bridgehead atoms. The van der Waals surface area contributed by atoms with Crippen molar-refractivity contribution < 1.29 is 19.2 Å². The van der Waals surface area contributed by atoms with Crippen LogP contribution in [0.15, 0.2) is 71.8 Å². The van der Waals surface area contributed by atoms with Gasteiger partial charge in [0.1, 0.15) is 6.61 Å². The number of nitro groups is 1. The first-order valence-corrected chi connectivity index (χ1v) is 11.9. The lowest BCUT2D eigenvalue weighted by Crippen LogP contribution is -2.16. The van der Waals surface area contributed by atoms with Crippen LogP contribution in [-0.4, -0.2) is 24.2 Å². The number of thiophene rings is 1. The average Bonchev–Trinajstić information content (AvgIpc) is 3.27. The number of benzene rings is 3. The zero-order valence-electron chi connectivity index (χ0n) is 17.9. The lowest BCUT2D eigenvalue weighted by Gasteiger charge is -2.11. The Morgan fingerprint density at radius 2 is 1.91 bits per heavy atom. The average molecular weight is 587 g/mol. The van der Waals surface area contributed by atoms with Crippen LogP contribution in [0.5, 0.6) is 11.5 Å². The number of methoxy groups -OCH3 is 1. The van der Waals surface area contributed by atoms with E-state index in [0.717, 1.165) is 13.8 Å². The van der Waals surface area contributed by atoms with Crippen LogP contribution in [0.25, 0.3) is 10.1 Å². The normalized spacial score (nSPS) is 11.0. The van der Waals surface area contributed by atoms with E-state index in [1.165, 1.54) is 29.7 Å². The number of halogens is 1. The number of hydrogen-bond acceptors (Lipinski definition) is 7. The summed E-state index contributed by atoms with van der Waals surface area (Å²) in [4.78, 5) is 23.3. The smallest absolute Gasteiger partial charge is 0.281 e. The van der Waals surface area contributed by atoms with Gasteiger partial charge in [-0.2, -0.15) is 5.10 Å². The van der Waals surface area contributed by atoms with Gasteiger partial charge in [-0.25, -0.2) is 5.43 Å². The van der Waals surface area contributed by atoms with Gasteiger partial charge < -0.3 is 9.47 Å². The summed E-state index contributed by atoms with van der Waals surface area (Å²) in [7, 11) is 1.56. The minimum Gasteiger partial charge on any atom is -0.493 e. The number of nitro benzene ring substituents is 1. The third kappa shape index (κ3) is 5.69. The fourth-order valence-electron chi connectivity index (χ4n) is 3.10. The molecule has 3 aromatic carbocycles. The van der Waals surface area contributed by atoms with E-state index < -0.39 is 10.8 Å². The third-order valence-corrected chi connectivity index (χ3v) is 6.64. The Morgan fingerprint density at radius 3 is 2.65 bits per heavy atom. The molecular weight excluding hydrogens is 569 g/mol. The van der Waals surface area contributed by atoms with Crippen LogP contribution in [0.2, 0.25) is 0 Å². The molecule has 1 amide bonds. The van der Waals surface area contributed by atoms with Crippen molar-refractivity contribution >= 4 is 61.8 Å². The molecule has 0 atom stereocenters. The zero-order chi connectivity index (χ0) is 24.1. The van der Waals surface area contributed by atoms with Crippen LogP contribution in [0.1, 0.15) is 20.8 Å². The molecule has 0 radical (unpaired) electrons. The van der Waals surface area contributed by atoms with E-state index in [1.807, 2.05) is 24.3 Å². The van der Waals surface area contributed by atoms with Gasteiger partial charge in [-0.15, -0.1) is 11.3 Å². The van der Waals surface area contributed by atoms with Crippen LogP contribution in [-0.2, 0) is 6.61 Å². The molecular formula is C24H18IN3O5S. The molecule has 0 fully saturated rings. The van der Waals surface area contributed by atoms with E-state index in [1.54, 1.807) is 37.4 Å². The Balaban J connectivity index is 1.40. The molecule has 0 aliphatic carbocycles. The van der Waals surface area contributed by atoms with Crippen LogP contribution in [0.3, 0.4) is 0 Å². The molecule has 1 N–H and O–H groups in total. The molecule has 0 unspecified atom stereocenters. The summed E-state index contributed by atoms with van der Waals surface area (Å²) in [5.74, 6) is 0.748. The summed E-state index contributed by atoms with van der Waals surface area (Å²) in [5, 5.41) is 15.6. The Morgan fingerprint density at radius 1 is 1.12 bits per heavy atom. The van der Waals surface area contributed by atoms with Gasteiger partial charge in [0.05, 0.1) is 23.1 Å². The second-order valence-electron chi connectivity index (χ2n) is 7.11. The number of rotatable bonds is 8. The summed E-state index contributed by atoms with van der Waals surface area (Å²) >= 11 is 3.49. The standard InChI is InChI=1S/C24H18IN3O5S/c1-32-21-10-16(4-8-20(21)33-14-15-2-5-18(25)6-3-15)13-26-27-24(29)23-12-17-11-19(28(30)31)7-9-22(17)34-23/h2-13H,14H2,1H3,(H,27,29)/b26-13-. The van der Waals surface area contributed by atoms with E-state index in [2.05, 4.69) is 33.1 Å². The number of carbonyl (C=O) groups is 1. The highest BCUT2D eigenvalue weighted by Gasteiger charge is 2.13. The predicted molar refractivity (Wildman–Crippen MR) is 140 cm³/mol. The van der Waals surface area contributed by atoms with Gasteiger partial charge >= 0.3 is 0 Å². The van der Waals surface area contributed by atoms with E-state index in [0.29, 0.717) is 33.9 Å². The second kappa shape index (κ2) is 10.6. The Labute approximate surface area is 212 Å². The van der Waals surface area contributed by atoms with Gasteiger partial charge in [0.15, 0.2) is 11.5 Å². The van der Waals surface area contributed by atoms with Crippen LogP contribution < -0.4 is 14.9 Å². The number of fused-ring (bicyclic) bond motifs is 1. The first-order valence-electron chi connectivity index (χ1n) is 9.99. The largest absolute Gasteiger partial charge is 0.493 e. The van der Waals surface area contributed by atoms with Crippen molar-refractivity contribution in [3.8, 4) is 11.5 Å². The predicted octanol–water partition coefficient (Wildman–Crippen LogP) is 5.77. The number of hydrogen-bond donors (Lipinski definition) is 1. The molecule has 1 aromatic heterocycles. The van der Waals surface area contributed by atoms with E-state index in [-0.39, 0.29) is 5.69 Å². The summed E-state index contributed by atoms with van der Waals surface area (Å²) < 4.78 is 13.2. The van der Waals surface area contributed by atoms with Crippen LogP contribution in [0.4, 0.5) is 5.69 Å². The van der Waals surface area contributed by atoms with Gasteiger partial charge in [-0.3, -0.25) is 14.9 Å². The topological polar surface area (TPSA) is 103 Å². The van der Waals surface area contributed by atoms with Gasteiger partial charge in [-0.05, 0) is 76.2 Å². The summed E-state index contributed by atoms with van der Waals surface area (Å²) in [6, 6.07) is 19.5. The highest BCUT2D eigenvalue weighted by molar-refractivity contribution is 14.1. The van der Waals surface area contributed by atoms with E-state index >= 15 is 0 Å². The summed E-state index contributed by atoms with van der Waals surface area (Å²) in [6.45, 7) is 0.412. The maximum absolute atomic E-state index is 12.4. The molecule has 172 valence electrons. The van der Waals surface area contributed by atoms with Crippen molar-refractivity contribution in [3.05, 3.63) is 96.4 Å². The fraction of sp³-hybridized carbons (Fsp3) is 0.0833. The highest BCUT2D eigenvalue weighted by Crippen LogP contribution is 2.30. The molecule has 4 aromatic rings. The van der Waals surface area contributed by atoms with Crippen LogP contribution >= 0.6 is 33.9 Å². The number of non-ortho nitro benzene ring substituents is 1. The molecule has 0 spiro atoms. The maximum Gasteiger partial charge on any atom is 0.281 e. The summed E-state index contributed by atoms with van der Waals surface area (Å²) in [5.41, 5.74) is 4.23. The first kappa shape index (κ1) is 23.6. The first-order chi connectivity index (χ1) is 16.4. The minimum absolute atomic E-state index is 0.0183. The molecule has 0 aliphatic heterocycles. The Bertz CT molecular complexity index is 1390. The number of amides is 1. The number of nitrogens with zero attached hydrogens (tertiary/aromatic N) is 2. The van der Waals surface area contributed by atoms with E-state index in [4.69, 9.17) is 9.47 Å². The van der Waals surface area contributed by atoms with Crippen LogP contribution in [0, 0.1) is 13.7 Å². The molecule has 0 saturated carbocycles. The lowest BCUT2D eigenvalue weighted by atomic mass is 10.2. The third-order valence-electron chi connectivity index (χ3n) is 4.81. The molecule has 10 heteroatoms. The van der Waals surface area contributed by atoms with Gasteiger partial charge in [0.2, 0.25) is 0 Å². The molecule has 0 saturated heterocycles. The van der Waals surface area contributed by atoms with Crippen molar-refractivity contribution in [1.82, 2.24) is 5.43 Å².